The fourth-order valence-corrected chi connectivity index (χ4v) is 4.66. The van der Waals surface area contributed by atoms with E-state index in [0.29, 0.717) is 24.3 Å². The van der Waals surface area contributed by atoms with E-state index in [1.807, 2.05) is 41.3 Å². The predicted molar refractivity (Wildman–Crippen MR) is 146 cm³/mol. The third-order valence-electron chi connectivity index (χ3n) is 6.56. The molecule has 2 amide bonds. The summed E-state index contributed by atoms with van der Waals surface area (Å²) in [7, 11) is 0. The van der Waals surface area contributed by atoms with Gasteiger partial charge >= 0.3 is 0 Å². The van der Waals surface area contributed by atoms with Crippen molar-refractivity contribution in [3.05, 3.63) is 71.4 Å². The lowest BCUT2D eigenvalue weighted by atomic mass is 10.0. The lowest BCUT2D eigenvalue weighted by Gasteiger charge is -2.35. The number of carbonyl (C=O) groups is 2. The number of pyridine rings is 1. The summed E-state index contributed by atoms with van der Waals surface area (Å²) in [6, 6.07) is 15.2. The minimum atomic E-state index is -0.273. The van der Waals surface area contributed by atoms with Crippen LogP contribution in [0.3, 0.4) is 0 Å². The molecular weight excluding hydrogens is 464 g/mol. The minimum Gasteiger partial charge on any atom is -0.394 e. The third kappa shape index (κ3) is 6.53. The van der Waals surface area contributed by atoms with Gasteiger partial charge in [-0.3, -0.25) is 14.5 Å². The minimum absolute atomic E-state index is 0.00600. The van der Waals surface area contributed by atoms with Crippen LogP contribution in [-0.2, 0) is 4.79 Å². The number of carbonyl (C=O) groups excluding carboxylic acids is 2. The van der Waals surface area contributed by atoms with E-state index in [2.05, 4.69) is 41.5 Å². The summed E-state index contributed by atoms with van der Waals surface area (Å²) in [4.78, 5) is 32.5. The number of aliphatic hydroxyl groups is 1. The van der Waals surface area contributed by atoms with Crippen LogP contribution in [0.25, 0.3) is 10.8 Å². The summed E-state index contributed by atoms with van der Waals surface area (Å²) >= 11 is 0. The van der Waals surface area contributed by atoms with E-state index in [4.69, 9.17) is 10.1 Å². The lowest BCUT2D eigenvalue weighted by Crippen LogP contribution is -2.49. The van der Waals surface area contributed by atoms with E-state index in [9.17, 15) is 9.59 Å². The van der Waals surface area contributed by atoms with Crippen molar-refractivity contribution >= 4 is 28.4 Å². The molecule has 2 heterocycles. The molecule has 2 atom stereocenters. The van der Waals surface area contributed by atoms with Gasteiger partial charge in [0.15, 0.2) is 0 Å². The molecular formula is C30H34N4O3. The van der Waals surface area contributed by atoms with Gasteiger partial charge in [0.1, 0.15) is 5.82 Å². The van der Waals surface area contributed by atoms with Gasteiger partial charge in [-0.15, -0.1) is 0 Å². The molecule has 3 aromatic rings. The highest BCUT2D eigenvalue weighted by atomic mass is 16.3. The van der Waals surface area contributed by atoms with Crippen molar-refractivity contribution in [3.63, 3.8) is 0 Å². The fourth-order valence-electron chi connectivity index (χ4n) is 4.66. The van der Waals surface area contributed by atoms with Gasteiger partial charge in [0.05, 0.1) is 12.6 Å². The Morgan fingerprint density at radius 1 is 1.24 bits per heavy atom. The number of nitrogens with zero attached hydrogens (tertiary/aromatic N) is 2. The van der Waals surface area contributed by atoms with E-state index < -0.39 is 0 Å². The predicted octanol–water partition coefficient (Wildman–Crippen LogP) is 3.57. The second-order valence-corrected chi connectivity index (χ2v) is 9.52. The van der Waals surface area contributed by atoms with Crippen LogP contribution in [0.15, 0.2) is 54.7 Å². The molecule has 1 aliphatic rings. The molecule has 192 valence electrons. The van der Waals surface area contributed by atoms with Crippen LogP contribution in [0.5, 0.6) is 0 Å². The molecule has 4 rings (SSSR count). The van der Waals surface area contributed by atoms with Crippen LogP contribution < -0.4 is 15.5 Å². The molecule has 2 aromatic carbocycles. The van der Waals surface area contributed by atoms with Gasteiger partial charge in [0.2, 0.25) is 5.91 Å². The Labute approximate surface area is 218 Å². The number of hydrogen-bond acceptors (Lipinski definition) is 5. The zero-order valence-corrected chi connectivity index (χ0v) is 21.5. The molecule has 0 radical (unpaired) electrons. The van der Waals surface area contributed by atoms with Gasteiger partial charge in [-0.2, -0.15) is 0 Å². The Kier molecular flexibility index (Phi) is 8.89. The number of fused-ring (bicyclic) bond motifs is 1. The quantitative estimate of drug-likeness (QED) is 0.433. The number of aliphatic hydroxyl groups excluding tert-OH is 1. The summed E-state index contributed by atoms with van der Waals surface area (Å²) < 4.78 is 0. The number of anilines is 1. The maximum atomic E-state index is 14.0. The normalized spacial score (nSPS) is 15.9. The van der Waals surface area contributed by atoms with Gasteiger partial charge < -0.3 is 15.7 Å². The number of benzene rings is 2. The molecule has 1 unspecified atom stereocenters. The molecule has 7 heteroatoms. The Morgan fingerprint density at radius 2 is 2.08 bits per heavy atom. The van der Waals surface area contributed by atoms with Crippen molar-refractivity contribution in [2.45, 2.75) is 51.6 Å². The van der Waals surface area contributed by atoms with E-state index in [-0.39, 0.29) is 36.9 Å². The molecule has 1 fully saturated rings. The first kappa shape index (κ1) is 26.3. The number of aryl methyl sites for hydroxylation is 1. The van der Waals surface area contributed by atoms with Gasteiger partial charge in [-0.1, -0.05) is 36.1 Å². The number of amides is 2. The molecule has 0 aliphatic carbocycles. The topological polar surface area (TPSA) is 94.6 Å². The molecule has 3 N–H and O–H groups in total. The van der Waals surface area contributed by atoms with E-state index >= 15 is 0 Å². The summed E-state index contributed by atoms with van der Waals surface area (Å²) in [5.74, 6) is 6.55. The molecule has 0 spiro atoms. The number of aromatic nitrogens is 1. The van der Waals surface area contributed by atoms with Crippen molar-refractivity contribution in [2.24, 2.45) is 0 Å². The van der Waals surface area contributed by atoms with E-state index in [1.165, 1.54) is 0 Å². The molecule has 37 heavy (non-hydrogen) atoms. The van der Waals surface area contributed by atoms with Crippen molar-refractivity contribution in [1.82, 2.24) is 15.6 Å². The molecule has 0 bridgehead atoms. The van der Waals surface area contributed by atoms with Crippen LogP contribution >= 0.6 is 0 Å². The zero-order chi connectivity index (χ0) is 26.2. The van der Waals surface area contributed by atoms with Crippen LogP contribution in [0.4, 0.5) is 5.82 Å². The molecule has 7 nitrogen and oxygen atoms in total. The Balaban J connectivity index is 1.60. The van der Waals surface area contributed by atoms with E-state index in [0.717, 1.165) is 41.3 Å². The van der Waals surface area contributed by atoms with Crippen LogP contribution in [0.1, 0.15) is 54.1 Å². The second kappa shape index (κ2) is 12.5. The summed E-state index contributed by atoms with van der Waals surface area (Å²) in [6.07, 6.45) is 4.31. The van der Waals surface area contributed by atoms with Gasteiger partial charge in [0, 0.05) is 48.1 Å². The van der Waals surface area contributed by atoms with Crippen molar-refractivity contribution < 1.29 is 14.7 Å². The Morgan fingerprint density at radius 3 is 2.86 bits per heavy atom. The standard InChI is InChI=1S/C30H34N4O3/c1-21-8-5-11-24-15-17-32-29(28(21)24)34(26-13-7-16-31-19-26)30(37)25-12-6-10-23(18-25)9-3-4-14-27(36)33-22(2)20-35/h5-6,8,10-12,15,17-18,22,26,31,35H,4,7,13-14,16,19-20H2,1-2H3,(H,33,36)/t22?,26-/m1/s1. The Bertz CT molecular complexity index is 1320. The molecule has 1 aliphatic heterocycles. The summed E-state index contributed by atoms with van der Waals surface area (Å²) in [5, 5.41) is 17.3. The highest BCUT2D eigenvalue weighted by Gasteiger charge is 2.30. The van der Waals surface area contributed by atoms with Crippen LogP contribution in [0, 0.1) is 18.8 Å². The number of piperidine rings is 1. The summed E-state index contributed by atoms with van der Waals surface area (Å²) in [5.41, 5.74) is 2.36. The van der Waals surface area contributed by atoms with Crippen molar-refractivity contribution in [2.75, 3.05) is 24.6 Å². The summed E-state index contributed by atoms with van der Waals surface area (Å²) in [6.45, 7) is 5.36. The van der Waals surface area contributed by atoms with Crippen molar-refractivity contribution in [3.8, 4) is 11.8 Å². The van der Waals surface area contributed by atoms with Crippen molar-refractivity contribution in [1.29, 1.82) is 0 Å². The smallest absolute Gasteiger partial charge is 0.259 e. The van der Waals surface area contributed by atoms with Gasteiger partial charge in [0.25, 0.3) is 5.91 Å². The average Bonchev–Trinajstić information content (AvgIpc) is 2.92. The average molecular weight is 499 g/mol. The first-order valence-corrected chi connectivity index (χ1v) is 12.9. The number of nitrogens with one attached hydrogen (secondary N) is 2. The highest BCUT2D eigenvalue weighted by Crippen LogP contribution is 2.31. The maximum absolute atomic E-state index is 14.0. The third-order valence-corrected chi connectivity index (χ3v) is 6.56. The largest absolute Gasteiger partial charge is 0.394 e. The Hall–Kier alpha value is -3.73. The first-order valence-electron chi connectivity index (χ1n) is 12.9. The first-order chi connectivity index (χ1) is 18.0. The zero-order valence-electron chi connectivity index (χ0n) is 21.5. The van der Waals surface area contributed by atoms with Gasteiger partial charge in [-0.05, 0) is 68.4 Å². The highest BCUT2D eigenvalue weighted by molar-refractivity contribution is 6.10. The number of hydrogen-bond donors (Lipinski definition) is 3. The molecule has 0 saturated carbocycles. The van der Waals surface area contributed by atoms with Crippen LogP contribution in [-0.4, -0.2) is 53.7 Å². The second-order valence-electron chi connectivity index (χ2n) is 9.52. The fraction of sp³-hybridized carbons (Fsp3) is 0.367. The molecule has 1 saturated heterocycles. The monoisotopic (exact) mass is 498 g/mol. The van der Waals surface area contributed by atoms with Gasteiger partial charge in [-0.25, -0.2) is 4.98 Å². The lowest BCUT2D eigenvalue weighted by molar-refractivity contribution is -0.121. The SMILES string of the molecule is Cc1cccc2ccnc(N(C(=O)c3cccc(C#CCCC(=O)NC(C)CO)c3)[C@@H]3CCCNC3)c12. The van der Waals surface area contributed by atoms with Crippen LogP contribution in [0.2, 0.25) is 0 Å². The van der Waals surface area contributed by atoms with E-state index in [1.54, 1.807) is 13.1 Å². The number of rotatable bonds is 7. The maximum Gasteiger partial charge on any atom is 0.259 e. The molecule has 1 aromatic heterocycles.